The molecule has 2 N–H and O–H groups in total. The number of aryl methyl sites for hydroxylation is 1. The number of nitrogens with zero attached hydrogens (tertiary/aromatic N) is 2. The van der Waals surface area contributed by atoms with Gasteiger partial charge in [0.1, 0.15) is 5.02 Å². The van der Waals surface area contributed by atoms with Crippen LogP contribution in [0.4, 0.5) is 5.69 Å². The van der Waals surface area contributed by atoms with Crippen molar-refractivity contribution in [3.05, 3.63) is 21.6 Å². The summed E-state index contributed by atoms with van der Waals surface area (Å²) in [5.41, 5.74) is -0.163. The van der Waals surface area contributed by atoms with E-state index < -0.39 is 0 Å². The van der Waals surface area contributed by atoms with E-state index in [0.29, 0.717) is 18.2 Å². The Morgan fingerprint density at radius 1 is 1.55 bits per heavy atom. The first-order valence-electron chi connectivity index (χ1n) is 7.16. The summed E-state index contributed by atoms with van der Waals surface area (Å²) < 4.78 is 1.32. The summed E-state index contributed by atoms with van der Waals surface area (Å²) in [6.07, 6.45) is 5.44. The standard InChI is InChI=1S/C14H22ClN3O2/c1-3-18-13(20)12(15)11(8-16-18)17-14(9-19)6-4-10(2)5-7-14/h8,10,17,19H,3-7,9H2,1-2H3. The molecule has 0 amide bonds. The highest BCUT2D eigenvalue weighted by atomic mass is 35.5. The van der Waals surface area contributed by atoms with Crippen molar-refractivity contribution in [2.75, 3.05) is 11.9 Å². The van der Waals surface area contributed by atoms with Crippen molar-refractivity contribution in [2.24, 2.45) is 5.92 Å². The van der Waals surface area contributed by atoms with E-state index in [1.165, 1.54) is 4.68 Å². The van der Waals surface area contributed by atoms with Crippen LogP contribution >= 0.6 is 11.6 Å². The smallest absolute Gasteiger partial charge is 0.287 e. The molecule has 0 bridgehead atoms. The molecule has 1 aromatic heterocycles. The van der Waals surface area contributed by atoms with E-state index in [1.54, 1.807) is 6.20 Å². The average Bonchev–Trinajstić information content (AvgIpc) is 2.47. The van der Waals surface area contributed by atoms with Crippen molar-refractivity contribution in [2.45, 2.75) is 51.6 Å². The maximum Gasteiger partial charge on any atom is 0.287 e. The number of rotatable bonds is 4. The van der Waals surface area contributed by atoms with Gasteiger partial charge in [0.25, 0.3) is 5.56 Å². The quantitative estimate of drug-likeness (QED) is 0.895. The maximum atomic E-state index is 12.0. The van der Waals surface area contributed by atoms with Crippen LogP contribution in [0.3, 0.4) is 0 Å². The number of hydrogen-bond acceptors (Lipinski definition) is 4. The number of aliphatic hydroxyl groups is 1. The fourth-order valence-corrected chi connectivity index (χ4v) is 2.89. The maximum absolute atomic E-state index is 12.0. The van der Waals surface area contributed by atoms with Gasteiger partial charge >= 0.3 is 0 Å². The second-order valence-electron chi connectivity index (χ2n) is 5.74. The van der Waals surface area contributed by atoms with Gasteiger partial charge in [0, 0.05) is 6.54 Å². The van der Waals surface area contributed by atoms with Crippen molar-refractivity contribution >= 4 is 17.3 Å². The van der Waals surface area contributed by atoms with Crippen molar-refractivity contribution < 1.29 is 5.11 Å². The molecule has 0 atom stereocenters. The van der Waals surface area contributed by atoms with Gasteiger partial charge in [-0.05, 0) is 38.5 Å². The van der Waals surface area contributed by atoms with Crippen LogP contribution in [0.5, 0.6) is 0 Å². The van der Waals surface area contributed by atoms with Gasteiger partial charge in [0.05, 0.1) is 24.0 Å². The molecule has 1 aliphatic rings. The third-order valence-electron chi connectivity index (χ3n) is 4.22. The number of aliphatic hydroxyl groups excluding tert-OH is 1. The molecule has 5 nitrogen and oxygen atoms in total. The van der Waals surface area contributed by atoms with Crippen LogP contribution in [0.25, 0.3) is 0 Å². The molecule has 1 heterocycles. The Balaban J connectivity index is 2.24. The monoisotopic (exact) mass is 299 g/mol. The number of anilines is 1. The van der Waals surface area contributed by atoms with Gasteiger partial charge in [-0.15, -0.1) is 0 Å². The molecule has 0 aliphatic heterocycles. The zero-order chi connectivity index (χ0) is 14.8. The molecular formula is C14H22ClN3O2. The van der Waals surface area contributed by atoms with E-state index >= 15 is 0 Å². The van der Waals surface area contributed by atoms with Crippen molar-refractivity contribution in [3.63, 3.8) is 0 Å². The fourth-order valence-electron chi connectivity index (χ4n) is 2.70. The summed E-state index contributed by atoms with van der Waals surface area (Å²) in [6, 6.07) is 0. The highest BCUT2D eigenvalue weighted by Crippen LogP contribution is 2.35. The van der Waals surface area contributed by atoms with E-state index in [4.69, 9.17) is 11.6 Å². The van der Waals surface area contributed by atoms with Crippen molar-refractivity contribution in [1.29, 1.82) is 0 Å². The van der Waals surface area contributed by atoms with Gasteiger partial charge in [-0.3, -0.25) is 4.79 Å². The minimum atomic E-state index is -0.386. The first kappa shape index (κ1) is 15.3. The Hall–Kier alpha value is -1.07. The summed E-state index contributed by atoms with van der Waals surface area (Å²) in [6.45, 7) is 4.59. The topological polar surface area (TPSA) is 67.2 Å². The Labute approximate surface area is 124 Å². The largest absolute Gasteiger partial charge is 0.394 e. The highest BCUT2D eigenvalue weighted by molar-refractivity contribution is 6.32. The minimum Gasteiger partial charge on any atom is -0.394 e. The fraction of sp³-hybridized carbons (Fsp3) is 0.714. The lowest BCUT2D eigenvalue weighted by Crippen LogP contribution is -2.45. The van der Waals surface area contributed by atoms with E-state index in [9.17, 15) is 9.90 Å². The average molecular weight is 300 g/mol. The van der Waals surface area contributed by atoms with E-state index in [1.807, 2.05) is 6.92 Å². The number of nitrogens with one attached hydrogen (secondary N) is 1. The number of hydrogen-bond donors (Lipinski definition) is 2. The molecule has 0 unspecified atom stereocenters. The Bertz CT molecular complexity index is 522. The van der Waals surface area contributed by atoms with E-state index in [-0.39, 0.29) is 22.7 Å². The molecule has 0 spiro atoms. The molecule has 20 heavy (non-hydrogen) atoms. The van der Waals surface area contributed by atoms with Gasteiger partial charge in [-0.2, -0.15) is 5.10 Å². The van der Waals surface area contributed by atoms with Crippen LogP contribution < -0.4 is 10.9 Å². The van der Waals surface area contributed by atoms with Crippen molar-refractivity contribution in [1.82, 2.24) is 9.78 Å². The lowest BCUT2D eigenvalue weighted by atomic mass is 9.77. The first-order valence-corrected chi connectivity index (χ1v) is 7.54. The highest BCUT2D eigenvalue weighted by Gasteiger charge is 2.34. The normalized spacial score (nSPS) is 26.5. The SMILES string of the molecule is CCn1ncc(NC2(CO)CCC(C)CC2)c(Cl)c1=O. The van der Waals surface area contributed by atoms with Crippen LogP contribution in [0.2, 0.25) is 5.02 Å². The molecule has 0 saturated heterocycles. The summed E-state index contributed by atoms with van der Waals surface area (Å²) >= 11 is 6.13. The zero-order valence-electron chi connectivity index (χ0n) is 12.0. The minimum absolute atomic E-state index is 0.0346. The van der Waals surface area contributed by atoms with Gasteiger partial charge in [0.15, 0.2) is 0 Å². The van der Waals surface area contributed by atoms with Crippen LogP contribution in [-0.4, -0.2) is 27.0 Å². The first-order chi connectivity index (χ1) is 9.51. The molecule has 2 rings (SSSR count). The Morgan fingerprint density at radius 3 is 2.75 bits per heavy atom. The van der Waals surface area contributed by atoms with Gasteiger partial charge in [0.2, 0.25) is 0 Å². The predicted octanol–water partition coefficient (Wildman–Crippen LogP) is 2.27. The molecular weight excluding hydrogens is 278 g/mol. The third kappa shape index (κ3) is 2.99. The van der Waals surface area contributed by atoms with Crippen LogP contribution in [0, 0.1) is 5.92 Å². The van der Waals surface area contributed by atoms with Gasteiger partial charge in [-0.25, -0.2) is 4.68 Å². The molecule has 1 saturated carbocycles. The number of halogens is 1. The molecule has 112 valence electrons. The second kappa shape index (κ2) is 6.14. The molecule has 0 aromatic carbocycles. The molecule has 6 heteroatoms. The second-order valence-corrected chi connectivity index (χ2v) is 6.12. The molecule has 1 aromatic rings. The predicted molar refractivity (Wildman–Crippen MR) is 80.3 cm³/mol. The van der Waals surface area contributed by atoms with Crippen LogP contribution in [0.15, 0.2) is 11.0 Å². The molecule has 1 aliphatic carbocycles. The Morgan fingerprint density at radius 2 is 2.20 bits per heavy atom. The van der Waals surface area contributed by atoms with Gasteiger partial charge in [-0.1, -0.05) is 18.5 Å². The summed E-state index contributed by atoms with van der Waals surface area (Å²) in [7, 11) is 0. The summed E-state index contributed by atoms with van der Waals surface area (Å²) in [5, 5.41) is 17.2. The Kier molecular flexibility index (Phi) is 4.70. The molecule has 1 fully saturated rings. The van der Waals surface area contributed by atoms with Crippen LogP contribution in [-0.2, 0) is 6.54 Å². The summed E-state index contributed by atoms with van der Waals surface area (Å²) in [4.78, 5) is 12.0. The lowest BCUT2D eigenvalue weighted by Gasteiger charge is -2.39. The van der Waals surface area contributed by atoms with Gasteiger partial charge < -0.3 is 10.4 Å². The van der Waals surface area contributed by atoms with E-state index in [2.05, 4.69) is 17.3 Å². The third-order valence-corrected chi connectivity index (χ3v) is 4.58. The lowest BCUT2D eigenvalue weighted by molar-refractivity contribution is 0.155. The zero-order valence-corrected chi connectivity index (χ0v) is 12.8. The number of aromatic nitrogens is 2. The molecule has 0 radical (unpaired) electrons. The van der Waals surface area contributed by atoms with Crippen molar-refractivity contribution in [3.8, 4) is 0 Å². The summed E-state index contributed by atoms with van der Waals surface area (Å²) in [5.74, 6) is 0.679. The van der Waals surface area contributed by atoms with Crippen LogP contribution in [0.1, 0.15) is 39.5 Å². The van der Waals surface area contributed by atoms with E-state index in [0.717, 1.165) is 25.7 Å².